The number of rotatable bonds is 8. The first-order chi connectivity index (χ1) is 14.5. The van der Waals surface area contributed by atoms with Gasteiger partial charge in [-0.3, -0.25) is 9.65 Å². The number of carbonyl (C=O) groups is 1. The second-order valence-electron chi connectivity index (χ2n) is 5.80. The lowest BCUT2D eigenvalue weighted by Gasteiger charge is -2.28. The fourth-order valence-electron chi connectivity index (χ4n) is 2.38. The fourth-order valence-corrected chi connectivity index (χ4v) is 5.84. The molecule has 14 heteroatoms. The standard InChI is InChI=1S/C17H16Cl6N3O4P/c1-3-30-31(28,17(29-2)25-15-12(22)6-9(19)7-13(15)23)26-16(27)24-14-10(20)4-8(18)5-11(14)21/h4-7,17,25H,3H2,1-2H3,(H2,24,26,27,28)/t17-,31-/m0/s1. The van der Waals surface area contributed by atoms with Gasteiger partial charge in [0.15, 0.2) is 0 Å². The molecule has 0 aliphatic carbocycles. The van der Waals surface area contributed by atoms with E-state index >= 15 is 0 Å². The molecule has 2 rings (SSSR count). The molecule has 0 aliphatic rings. The minimum Gasteiger partial charge on any atom is -0.351 e. The molecule has 2 amide bonds. The van der Waals surface area contributed by atoms with Crippen molar-refractivity contribution in [3.05, 3.63) is 54.4 Å². The molecule has 2 atom stereocenters. The van der Waals surface area contributed by atoms with Crippen molar-refractivity contribution in [3.63, 3.8) is 0 Å². The van der Waals surface area contributed by atoms with Crippen LogP contribution in [0.1, 0.15) is 6.92 Å². The van der Waals surface area contributed by atoms with E-state index in [-0.39, 0.29) is 43.1 Å². The molecule has 0 spiro atoms. The Labute approximate surface area is 209 Å². The Balaban J connectivity index is 2.29. The second-order valence-corrected chi connectivity index (χ2v) is 10.4. The van der Waals surface area contributed by atoms with E-state index in [0.717, 1.165) is 0 Å². The molecule has 170 valence electrons. The zero-order chi connectivity index (χ0) is 23.3. The predicted molar refractivity (Wildman–Crippen MR) is 129 cm³/mol. The van der Waals surface area contributed by atoms with E-state index in [0.29, 0.717) is 5.02 Å². The average molecular weight is 570 g/mol. The van der Waals surface area contributed by atoms with Crippen molar-refractivity contribution in [1.82, 2.24) is 5.09 Å². The predicted octanol–water partition coefficient (Wildman–Crippen LogP) is 8.00. The lowest BCUT2D eigenvalue weighted by Crippen LogP contribution is -2.35. The minimum absolute atomic E-state index is 0.0103. The first kappa shape index (κ1) is 26.7. The topological polar surface area (TPSA) is 88.7 Å². The molecule has 0 saturated heterocycles. The highest BCUT2D eigenvalue weighted by Gasteiger charge is 2.38. The van der Waals surface area contributed by atoms with Crippen LogP contribution in [-0.4, -0.2) is 25.7 Å². The Morgan fingerprint density at radius 2 is 1.39 bits per heavy atom. The highest BCUT2D eigenvalue weighted by atomic mass is 35.5. The van der Waals surface area contributed by atoms with Crippen LogP contribution in [0.2, 0.25) is 30.1 Å². The van der Waals surface area contributed by atoms with Crippen LogP contribution in [0, 0.1) is 0 Å². The summed E-state index contributed by atoms with van der Waals surface area (Å²) in [7, 11) is -2.78. The number of benzene rings is 2. The van der Waals surface area contributed by atoms with Gasteiger partial charge < -0.3 is 19.9 Å². The summed E-state index contributed by atoms with van der Waals surface area (Å²) in [6.45, 7) is 1.58. The molecule has 2 aromatic carbocycles. The van der Waals surface area contributed by atoms with Gasteiger partial charge in [-0.15, -0.1) is 0 Å². The summed E-state index contributed by atoms with van der Waals surface area (Å²) in [5.41, 5.74) is 0.254. The number of hydrogen-bond donors (Lipinski definition) is 3. The Bertz CT molecular complexity index is 979. The maximum Gasteiger partial charge on any atom is 0.345 e. The van der Waals surface area contributed by atoms with Crippen molar-refractivity contribution in [3.8, 4) is 0 Å². The summed E-state index contributed by atoms with van der Waals surface area (Å²) in [6.07, 6.45) is 0. The third-order valence-corrected chi connectivity index (χ3v) is 7.37. The molecule has 0 fully saturated rings. The van der Waals surface area contributed by atoms with Gasteiger partial charge in [0.2, 0.25) is 5.97 Å². The van der Waals surface area contributed by atoms with Gasteiger partial charge in [-0.1, -0.05) is 69.6 Å². The molecular formula is C17H16Cl6N3O4P. The summed E-state index contributed by atoms with van der Waals surface area (Å²) in [5, 5.41) is 8.49. The van der Waals surface area contributed by atoms with E-state index in [1.54, 1.807) is 6.92 Å². The van der Waals surface area contributed by atoms with Crippen LogP contribution in [0.15, 0.2) is 24.3 Å². The van der Waals surface area contributed by atoms with Crippen molar-refractivity contribution < 1.29 is 18.6 Å². The SMILES string of the molecule is CCO[P@](=O)(NC(=O)Nc1c(Cl)cc(Cl)cc1Cl)[C@@H](Nc1c(Cl)cc(Cl)cc1Cl)OC. The first-order valence-electron chi connectivity index (χ1n) is 8.42. The number of methoxy groups -OCH3 is 1. The van der Waals surface area contributed by atoms with E-state index in [1.807, 2.05) is 0 Å². The van der Waals surface area contributed by atoms with Crippen molar-refractivity contribution in [2.75, 3.05) is 24.4 Å². The monoisotopic (exact) mass is 567 g/mol. The molecule has 0 bridgehead atoms. The molecule has 3 N–H and O–H groups in total. The Kier molecular flexibility index (Phi) is 9.89. The maximum absolute atomic E-state index is 13.5. The summed E-state index contributed by atoms with van der Waals surface area (Å²) in [4.78, 5) is 12.6. The van der Waals surface area contributed by atoms with Gasteiger partial charge in [0.05, 0.1) is 38.1 Å². The number of hydrogen-bond acceptors (Lipinski definition) is 5. The number of ether oxygens (including phenoxy) is 1. The molecular weight excluding hydrogens is 554 g/mol. The summed E-state index contributed by atoms with van der Waals surface area (Å²) < 4.78 is 24.1. The van der Waals surface area contributed by atoms with Crippen LogP contribution >= 0.6 is 77.1 Å². The van der Waals surface area contributed by atoms with Gasteiger partial charge in [-0.2, -0.15) is 0 Å². The first-order valence-corrected chi connectivity index (χ1v) is 12.4. The molecule has 0 aromatic heterocycles. The van der Waals surface area contributed by atoms with Crippen molar-refractivity contribution >= 4 is 94.5 Å². The van der Waals surface area contributed by atoms with Gasteiger partial charge in [0.25, 0.3) is 0 Å². The van der Waals surface area contributed by atoms with Gasteiger partial charge in [-0.05, 0) is 31.2 Å². The van der Waals surface area contributed by atoms with Crippen LogP contribution in [-0.2, 0) is 13.8 Å². The Hall–Kier alpha value is -0.600. The van der Waals surface area contributed by atoms with E-state index in [9.17, 15) is 9.36 Å². The van der Waals surface area contributed by atoms with Crippen LogP contribution in [0.3, 0.4) is 0 Å². The maximum atomic E-state index is 13.5. The molecule has 0 unspecified atom stereocenters. The smallest absolute Gasteiger partial charge is 0.345 e. The van der Waals surface area contributed by atoms with E-state index < -0.39 is 19.5 Å². The fraction of sp³-hybridized carbons (Fsp3) is 0.235. The summed E-state index contributed by atoms with van der Waals surface area (Å²) in [6, 6.07) is 4.72. The summed E-state index contributed by atoms with van der Waals surface area (Å²) >= 11 is 36.2. The van der Waals surface area contributed by atoms with Crippen molar-refractivity contribution in [2.24, 2.45) is 0 Å². The van der Waals surface area contributed by atoms with E-state index in [1.165, 1.54) is 31.4 Å². The largest absolute Gasteiger partial charge is 0.351 e. The third-order valence-electron chi connectivity index (χ3n) is 3.63. The number of amides is 2. The lowest BCUT2D eigenvalue weighted by molar-refractivity contribution is 0.160. The molecule has 2 aromatic rings. The highest BCUT2D eigenvalue weighted by Crippen LogP contribution is 2.49. The Morgan fingerprint density at radius 3 is 1.81 bits per heavy atom. The molecule has 0 heterocycles. The number of anilines is 2. The molecule has 0 saturated carbocycles. The zero-order valence-corrected chi connectivity index (χ0v) is 21.4. The molecule has 0 aliphatic heterocycles. The van der Waals surface area contributed by atoms with E-state index in [2.05, 4.69) is 15.7 Å². The number of urea groups is 1. The van der Waals surface area contributed by atoms with Gasteiger partial charge in [-0.25, -0.2) is 4.79 Å². The van der Waals surface area contributed by atoms with E-state index in [4.69, 9.17) is 78.9 Å². The van der Waals surface area contributed by atoms with Gasteiger partial charge >= 0.3 is 13.6 Å². The minimum atomic E-state index is -4.04. The number of nitrogens with one attached hydrogen (secondary N) is 3. The van der Waals surface area contributed by atoms with Gasteiger partial charge in [0, 0.05) is 17.2 Å². The third kappa shape index (κ3) is 6.94. The van der Waals surface area contributed by atoms with Crippen molar-refractivity contribution in [2.45, 2.75) is 12.9 Å². The molecule has 31 heavy (non-hydrogen) atoms. The molecule has 0 radical (unpaired) electrons. The normalized spacial score (nSPS) is 13.9. The summed E-state index contributed by atoms with van der Waals surface area (Å²) in [5.74, 6) is -1.36. The van der Waals surface area contributed by atoms with Crippen LogP contribution in [0.5, 0.6) is 0 Å². The average Bonchev–Trinajstić information content (AvgIpc) is 2.64. The van der Waals surface area contributed by atoms with Crippen LogP contribution in [0.4, 0.5) is 16.2 Å². The highest BCUT2D eigenvalue weighted by molar-refractivity contribution is 7.58. The zero-order valence-electron chi connectivity index (χ0n) is 15.9. The second kappa shape index (κ2) is 11.5. The van der Waals surface area contributed by atoms with Crippen LogP contribution in [0.25, 0.3) is 0 Å². The quantitative estimate of drug-likeness (QED) is 0.221. The molecule has 7 nitrogen and oxygen atoms in total. The van der Waals surface area contributed by atoms with Crippen molar-refractivity contribution in [1.29, 1.82) is 0 Å². The lowest BCUT2D eigenvalue weighted by atomic mass is 10.3. The Morgan fingerprint density at radius 1 is 0.935 bits per heavy atom. The van der Waals surface area contributed by atoms with Crippen LogP contribution < -0.4 is 15.7 Å². The van der Waals surface area contributed by atoms with Gasteiger partial charge in [0.1, 0.15) is 0 Å². The number of halogens is 6. The number of carbonyl (C=O) groups excluding carboxylic acids is 1.